The number of methoxy groups -OCH3 is 1. The van der Waals surface area contributed by atoms with Crippen LogP contribution in [0.3, 0.4) is 0 Å². The molecule has 8 heteroatoms. The van der Waals surface area contributed by atoms with Gasteiger partial charge in [-0.1, -0.05) is 12.1 Å². The minimum absolute atomic E-state index is 0.174. The van der Waals surface area contributed by atoms with Gasteiger partial charge in [-0.25, -0.2) is 0 Å². The van der Waals surface area contributed by atoms with Crippen LogP contribution in [0.2, 0.25) is 0 Å². The van der Waals surface area contributed by atoms with Crippen molar-refractivity contribution in [3.63, 3.8) is 0 Å². The van der Waals surface area contributed by atoms with E-state index in [1.54, 1.807) is 48.5 Å². The van der Waals surface area contributed by atoms with Crippen molar-refractivity contribution in [2.24, 2.45) is 0 Å². The first kappa shape index (κ1) is 18.7. The molecule has 0 bridgehead atoms. The molecule has 1 unspecified atom stereocenters. The Kier molecular flexibility index (Phi) is 5.90. The van der Waals surface area contributed by atoms with Crippen LogP contribution < -0.4 is 15.4 Å². The first-order valence-electron chi connectivity index (χ1n) is 8.10. The number of carbonyl (C=O) groups excluding carboxylic acids is 2. The molecule has 3 N–H and O–H groups in total. The molecule has 2 amide bonds. The van der Waals surface area contributed by atoms with E-state index in [9.17, 15) is 14.7 Å². The van der Waals surface area contributed by atoms with Crippen molar-refractivity contribution in [3.05, 3.63) is 70.3 Å². The fourth-order valence-corrected chi connectivity index (χ4v) is 3.35. The fourth-order valence-electron chi connectivity index (χ4n) is 2.40. The molecule has 0 spiro atoms. The second-order valence-corrected chi connectivity index (χ2v) is 6.76. The predicted octanol–water partition coefficient (Wildman–Crippen LogP) is 2.69. The van der Waals surface area contributed by atoms with Gasteiger partial charge >= 0.3 is 11.8 Å². The van der Waals surface area contributed by atoms with Crippen LogP contribution in [-0.4, -0.2) is 24.0 Å². The van der Waals surface area contributed by atoms with Crippen LogP contribution in [0.15, 0.2) is 59.2 Å². The summed E-state index contributed by atoms with van der Waals surface area (Å²) in [6, 6.07) is 13.8. The summed E-state index contributed by atoms with van der Waals surface area (Å²) in [5.74, 6) is -0.633. The topological polar surface area (TPSA) is 101 Å². The van der Waals surface area contributed by atoms with E-state index < -0.39 is 17.9 Å². The number of carbonyl (C=O) groups is 2. The summed E-state index contributed by atoms with van der Waals surface area (Å²) in [5.41, 5.74) is 0.417. The lowest BCUT2D eigenvalue weighted by molar-refractivity contribution is -0.136. The number of amides is 2. The number of aliphatic hydroxyl groups excluding tert-OH is 1. The zero-order chi connectivity index (χ0) is 19.2. The molecule has 3 aromatic rings. The van der Waals surface area contributed by atoms with Gasteiger partial charge in [0.2, 0.25) is 0 Å². The highest BCUT2D eigenvalue weighted by atomic mass is 32.1. The lowest BCUT2D eigenvalue weighted by atomic mass is 10.2. The van der Waals surface area contributed by atoms with Crippen LogP contribution in [0, 0.1) is 0 Å². The van der Waals surface area contributed by atoms with Crippen molar-refractivity contribution in [1.29, 1.82) is 0 Å². The lowest BCUT2D eigenvalue weighted by Gasteiger charge is -2.09. The van der Waals surface area contributed by atoms with Crippen LogP contribution in [0.25, 0.3) is 0 Å². The average Bonchev–Trinajstić information content (AvgIpc) is 3.38. The van der Waals surface area contributed by atoms with Crippen LogP contribution in [0.1, 0.15) is 21.6 Å². The van der Waals surface area contributed by atoms with Gasteiger partial charge in [0.25, 0.3) is 0 Å². The molecular weight excluding hydrogens is 368 g/mol. The van der Waals surface area contributed by atoms with Crippen LogP contribution in [-0.2, 0) is 16.1 Å². The number of aliphatic hydroxyl groups is 1. The third-order valence-electron chi connectivity index (χ3n) is 3.75. The van der Waals surface area contributed by atoms with Gasteiger partial charge < -0.3 is 24.9 Å². The molecule has 0 aliphatic carbocycles. The normalized spacial score (nSPS) is 11.6. The Hall–Kier alpha value is -3.10. The Bertz CT molecular complexity index is 920. The zero-order valence-corrected chi connectivity index (χ0v) is 15.3. The molecule has 0 fully saturated rings. The van der Waals surface area contributed by atoms with E-state index in [2.05, 4.69) is 10.6 Å². The van der Waals surface area contributed by atoms with Crippen molar-refractivity contribution in [1.82, 2.24) is 5.32 Å². The smallest absolute Gasteiger partial charge is 0.313 e. The number of para-hydroxylation sites is 2. The maximum Gasteiger partial charge on any atom is 0.313 e. The number of nitrogens with one attached hydrogen (secondary N) is 2. The third-order valence-corrected chi connectivity index (χ3v) is 4.89. The SMILES string of the molecule is COc1ccccc1NC(=O)C(=O)NCc1ccc(C(O)c2ccco2)s1. The molecule has 27 heavy (non-hydrogen) atoms. The van der Waals surface area contributed by atoms with E-state index in [0.717, 1.165) is 4.88 Å². The Morgan fingerprint density at radius 1 is 1.15 bits per heavy atom. The third kappa shape index (κ3) is 4.55. The van der Waals surface area contributed by atoms with E-state index in [0.29, 0.717) is 22.1 Å². The number of rotatable bonds is 6. The first-order valence-corrected chi connectivity index (χ1v) is 8.92. The molecule has 3 rings (SSSR count). The molecular formula is C19H18N2O5S. The van der Waals surface area contributed by atoms with E-state index >= 15 is 0 Å². The van der Waals surface area contributed by atoms with Gasteiger partial charge in [-0.15, -0.1) is 11.3 Å². The van der Waals surface area contributed by atoms with Crippen LogP contribution in [0.5, 0.6) is 5.75 Å². The van der Waals surface area contributed by atoms with Gasteiger partial charge in [0, 0.05) is 9.75 Å². The Balaban J connectivity index is 1.55. The summed E-state index contributed by atoms with van der Waals surface area (Å²) in [4.78, 5) is 25.6. The molecule has 2 aromatic heterocycles. The molecule has 0 saturated carbocycles. The summed E-state index contributed by atoms with van der Waals surface area (Å²) in [5, 5.41) is 15.3. The summed E-state index contributed by atoms with van der Waals surface area (Å²) in [6.07, 6.45) is 0.636. The Morgan fingerprint density at radius 3 is 2.70 bits per heavy atom. The van der Waals surface area contributed by atoms with Gasteiger partial charge in [0.05, 0.1) is 25.6 Å². The first-order chi connectivity index (χ1) is 13.1. The summed E-state index contributed by atoms with van der Waals surface area (Å²) >= 11 is 1.33. The number of thiophene rings is 1. The summed E-state index contributed by atoms with van der Waals surface area (Å²) in [6.45, 7) is 0.174. The lowest BCUT2D eigenvalue weighted by Crippen LogP contribution is -2.34. The molecule has 2 heterocycles. The van der Waals surface area contributed by atoms with Crippen molar-refractivity contribution < 1.29 is 23.8 Å². The second kappa shape index (κ2) is 8.52. The Morgan fingerprint density at radius 2 is 1.96 bits per heavy atom. The van der Waals surface area contributed by atoms with Crippen LogP contribution in [0.4, 0.5) is 5.69 Å². The molecule has 0 saturated heterocycles. The zero-order valence-electron chi connectivity index (χ0n) is 14.5. The van der Waals surface area contributed by atoms with Crippen molar-refractivity contribution >= 4 is 28.8 Å². The number of ether oxygens (including phenoxy) is 1. The van der Waals surface area contributed by atoms with E-state index in [1.807, 2.05) is 0 Å². The monoisotopic (exact) mass is 386 g/mol. The number of anilines is 1. The highest BCUT2D eigenvalue weighted by Crippen LogP contribution is 2.28. The maximum atomic E-state index is 12.0. The fraction of sp³-hybridized carbons (Fsp3) is 0.158. The van der Waals surface area contributed by atoms with Gasteiger partial charge in [-0.05, 0) is 36.4 Å². The minimum Gasteiger partial charge on any atom is -0.495 e. The molecule has 0 aliphatic heterocycles. The van der Waals surface area contributed by atoms with Gasteiger partial charge in [-0.3, -0.25) is 9.59 Å². The van der Waals surface area contributed by atoms with Crippen molar-refractivity contribution in [2.75, 3.05) is 12.4 Å². The molecule has 140 valence electrons. The standard InChI is InChI=1S/C19H18N2O5S/c1-25-14-6-3-2-5-13(14)21-19(24)18(23)20-11-12-8-9-16(27-12)17(22)15-7-4-10-26-15/h2-10,17,22H,11H2,1H3,(H,20,23)(H,21,24). The second-order valence-electron chi connectivity index (χ2n) is 5.56. The van der Waals surface area contributed by atoms with Crippen LogP contribution >= 0.6 is 11.3 Å². The Labute approximate surface area is 159 Å². The number of furan rings is 1. The quantitative estimate of drug-likeness (QED) is 0.566. The number of hydrogen-bond acceptors (Lipinski definition) is 6. The molecule has 0 aliphatic rings. The summed E-state index contributed by atoms with van der Waals surface area (Å²) < 4.78 is 10.3. The van der Waals surface area contributed by atoms with Crippen molar-refractivity contribution in [3.8, 4) is 5.75 Å². The van der Waals surface area contributed by atoms with E-state index in [-0.39, 0.29) is 6.54 Å². The van der Waals surface area contributed by atoms with Gasteiger partial charge in [0.1, 0.15) is 17.6 Å². The maximum absolute atomic E-state index is 12.0. The highest BCUT2D eigenvalue weighted by Gasteiger charge is 2.18. The molecule has 7 nitrogen and oxygen atoms in total. The largest absolute Gasteiger partial charge is 0.495 e. The molecule has 1 atom stereocenters. The van der Waals surface area contributed by atoms with Gasteiger partial charge in [0.15, 0.2) is 0 Å². The van der Waals surface area contributed by atoms with Crippen molar-refractivity contribution in [2.45, 2.75) is 12.6 Å². The summed E-state index contributed by atoms with van der Waals surface area (Å²) in [7, 11) is 1.48. The van der Waals surface area contributed by atoms with Gasteiger partial charge in [-0.2, -0.15) is 0 Å². The average molecular weight is 386 g/mol. The molecule has 1 aromatic carbocycles. The van der Waals surface area contributed by atoms with E-state index in [1.165, 1.54) is 24.7 Å². The number of benzene rings is 1. The highest BCUT2D eigenvalue weighted by molar-refractivity contribution is 7.12. The minimum atomic E-state index is -0.858. The molecule has 0 radical (unpaired) electrons. The number of hydrogen-bond donors (Lipinski definition) is 3. The van der Waals surface area contributed by atoms with E-state index in [4.69, 9.17) is 9.15 Å². The predicted molar refractivity (Wildman–Crippen MR) is 101 cm³/mol.